The summed E-state index contributed by atoms with van der Waals surface area (Å²) >= 11 is 0. The van der Waals surface area contributed by atoms with E-state index in [4.69, 9.17) is 14.2 Å². The molecule has 2 heterocycles. The van der Waals surface area contributed by atoms with Crippen molar-refractivity contribution in [3.63, 3.8) is 0 Å². The van der Waals surface area contributed by atoms with Gasteiger partial charge in [-0.05, 0) is 6.42 Å². The molecule has 2 rings (SSSR count). The van der Waals surface area contributed by atoms with E-state index in [1.807, 2.05) is 0 Å². The molecule has 1 aliphatic rings. The molecule has 1 aromatic rings. The molecule has 1 aromatic heterocycles. The van der Waals surface area contributed by atoms with Gasteiger partial charge in [0.05, 0.1) is 0 Å². The number of carbonyl (C=O) groups is 2. The summed E-state index contributed by atoms with van der Waals surface area (Å²) in [5.74, 6) is -1.36. The molecule has 25 heavy (non-hydrogen) atoms. The van der Waals surface area contributed by atoms with Gasteiger partial charge in [0.1, 0.15) is 12.7 Å². The summed E-state index contributed by atoms with van der Waals surface area (Å²) in [5.41, 5.74) is -1.16. The van der Waals surface area contributed by atoms with Crippen molar-refractivity contribution in [2.45, 2.75) is 51.8 Å². The van der Waals surface area contributed by atoms with Crippen molar-refractivity contribution in [2.24, 2.45) is 0 Å². The second-order valence-electron chi connectivity index (χ2n) is 5.56. The van der Waals surface area contributed by atoms with E-state index in [0.29, 0.717) is 6.42 Å². The van der Waals surface area contributed by atoms with Crippen LogP contribution in [0.25, 0.3) is 0 Å². The monoisotopic (exact) mass is 358 g/mol. The molecule has 1 fully saturated rings. The van der Waals surface area contributed by atoms with Crippen molar-refractivity contribution in [3.05, 3.63) is 32.6 Å². The van der Waals surface area contributed by atoms with Crippen molar-refractivity contribution in [1.82, 2.24) is 9.55 Å². The van der Waals surface area contributed by atoms with Crippen LogP contribution in [0.3, 0.4) is 0 Å². The van der Waals surface area contributed by atoms with Crippen molar-refractivity contribution >= 4 is 11.9 Å². The maximum absolute atomic E-state index is 14.8. The van der Waals surface area contributed by atoms with E-state index in [1.165, 1.54) is 13.1 Å². The number of esters is 2. The Labute approximate surface area is 141 Å². The second-order valence-corrected chi connectivity index (χ2v) is 5.56. The topological polar surface area (TPSA) is 117 Å². The summed E-state index contributed by atoms with van der Waals surface area (Å²) in [7, 11) is 0. The number of hydrogen-bond donors (Lipinski definition) is 1. The van der Waals surface area contributed by atoms with E-state index >= 15 is 0 Å². The van der Waals surface area contributed by atoms with Crippen LogP contribution in [0.2, 0.25) is 0 Å². The summed E-state index contributed by atoms with van der Waals surface area (Å²) in [5, 5.41) is 0. The maximum atomic E-state index is 14.8. The molecule has 4 unspecified atom stereocenters. The van der Waals surface area contributed by atoms with Gasteiger partial charge in [-0.3, -0.25) is 23.9 Å². The van der Waals surface area contributed by atoms with Crippen LogP contribution in [-0.2, 0) is 30.2 Å². The molecule has 0 spiro atoms. The normalized spacial score (nSPS) is 25.6. The van der Waals surface area contributed by atoms with Crippen LogP contribution in [0.4, 0.5) is 4.39 Å². The maximum Gasteiger partial charge on any atom is 0.330 e. The molecule has 0 saturated carbocycles. The molecular formula is C15H19FN2O7. The first-order valence-electron chi connectivity index (χ1n) is 7.69. The van der Waals surface area contributed by atoms with Crippen LogP contribution < -0.4 is 11.2 Å². The number of H-pyrrole nitrogens is 1. The number of aromatic nitrogens is 2. The highest BCUT2D eigenvalue weighted by Crippen LogP contribution is 2.33. The quantitative estimate of drug-likeness (QED) is 0.726. The van der Waals surface area contributed by atoms with Crippen molar-refractivity contribution in [3.8, 4) is 0 Å². The molecule has 0 amide bonds. The number of nitrogens with zero attached hydrogens (tertiary/aromatic N) is 1. The van der Waals surface area contributed by atoms with Gasteiger partial charge >= 0.3 is 17.6 Å². The highest BCUT2D eigenvalue weighted by Gasteiger charge is 2.49. The number of nitrogens with one attached hydrogen (secondary N) is 1. The minimum absolute atomic E-state index is 0.267. The third kappa shape index (κ3) is 4.13. The Bertz CT molecular complexity index is 772. The first kappa shape index (κ1) is 18.8. The molecule has 138 valence electrons. The summed E-state index contributed by atoms with van der Waals surface area (Å²) in [6, 6.07) is 0. The van der Waals surface area contributed by atoms with Gasteiger partial charge in [-0.1, -0.05) is 6.92 Å². The molecule has 1 aliphatic heterocycles. The number of alkyl halides is 1. The highest BCUT2D eigenvalue weighted by molar-refractivity contribution is 5.66. The van der Waals surface area contributed by atoms with E-state index in [-0.39, 0.29) is 12.2 Å². The molecule has 9 nitrogen and oxygen atoms in total. The highest BCUT2D eigenvalue weighted by atomic mass is 19.1. The molecule has 1 N–H and O–H groups in total. The summed E-state index contributed by atoms with van der Waals surface area (Å²) in [6.45, 7) is 3.63. The Morgan fingerprint density at radius 3 is 2.56 bits per heavy atom. The van der Waals surface area contributed by atoms with Crippen molar-refractivity contribution in [1.29, 1.82) is 0 Å². The van der Waals surface area contributed by atoms with Gasteiger partial charge in [-0.15, -0.1) is 0 Å². The lowest BCUT2D eigenvalue weighted by Gasteiger charge is -2.18. The Balaban J connectivity index is 2.35. The van der Waals surface area contributed by atoms with Crippen LogP contribution >= 0.6 is 0 Å². The third-order valence-corrected chi connectivity index (χ3v) is 3.72. The van der Waals surface area contributed by atoms with Gasteiger partial charge < -0.3 is 14.2 Å². The zero-order chi connectivity index (χ0) is 18.7. The first-order valence-corrected chi connectivity index (χ1v) is 7.69. The SMILES string of the molecule is CCc1cn(C2OC(COC(C)=O)C(OC(C)=O)C2F)c(=O)[nH]c1=O. The Hall–Kier alpha value is -2.49. The van der Waals surface area contributed by atoms with E-state index in [9.17, 15) is 23.6 Å². The zero-order valence-electron chi connectivity index (χ0n) is 14.0. The van der Waals surface area contributed by atoms with Crippen LogP contribution in [-0.4, -0.2) is 46.5 Å². The lowest BCUT2D eigenvalue weighted by Crippen LogP contribution is -2.38. The fourth-order valence-corrected chi connectivity index (χ4v) is 2.55. The number of carbonyl (C=O) groups excluding carboxylic acids is 2. The Morgan fingerprint density at radius 2 is 2.00 bits per heavy atom. The van der Waals surface area contributed by atoms with E-state index in [2.05, 4.69) is 4.98 Å². The number of halogens is 1. The number of rotatable bonds is 5. The predicted octanol–water partition coefficient (Wildman–Crippen LogP) is -0.171. The van der Waals surface area contributed by atoms with Gasteiger partial charge in [0.15, 0.2) is 18.5 Å². The smallest absolute Gasteiger partial charge is 0.330 e. The zero-order valence-corrected chi connectivity index (χ0v) is 14.0. The Morgan fingerprint density at radius 1 is 1.32 bits per heavy atom. The van der Waals surface area contributed by atoms with E-state index in [1.54, 1.807) is 6.92 Å². The molecule has 10 heteroatoms. The van der Waals surface area contributed by atoms with Gasteiger partial charge in [-0.25, -0.2) is 9.18 Å². The summed E-state index contributed by atoms with van der Waals surface area (Å²) in [6.07, 6.45) is -4.24. The van der Waals surface area contributed by atoms with Crippen LogP contribution in [0.5, 0.6) is 0 Å². The van der Waals surface area contributed by atoms with Crippen molar-refractivity contribution < 1.29 is 28.2 Å². The van der Waals surface area contributed by atoms with Gasteiger partial charge in [-0.2, -0.15) is 0 Å². The molecule has 0 bridgehead atoms. The number of ether oxygens (including phenoxy) is 3. The standard InChI is InChI=1S/C15H19FN2O7/c1-4-9-5-18(15(22)17-13(9)21)14-11(16)12(24-8(3)20)10(25-14)6-23-7(2)19/h5,10-12,14H,4,6H2,1-3H3,(H,17,21,22). The lowest BCUT2D eigenvalue weighted by molar-refractivity contribution is -0.156. The fraction of sp³-hybridized carbons (Fsp3) is 0.600. The average molecular weight is 358 g/mol. The van der Waals surface area contributed by atoms with Gasteiger partial charge in [0, 0.05) is 25.6 Å². The van der Waals surface area contributed by atoms with Gasteiger partial charge in [0.2, 0.25) is 0 Å². The Kier molecular flexibility index (Phi) is 5.73. The minimum atomic E-state index is -1.89. The molecule has 0 radical (unpaired) electrons. The van der Waals surface area contributed by atoms with Crippen molar-refractivity contribution in [2.75, 3.05) is 6.61 Å². The number of aryl methyl sites for hydroxylation is 1. The van der Waals surface area contributed by atoms with Crippen LogP contribution in [0.15, 0.2) is 15.8 Å². The summed E-state index contributed by atoms with van der Waals surface area (Å²) < 4.78 is 30.9. The molecule has 0 aliphatic carbocycles. The number of hydrogen-bond acceptors (Lipinski definition) is 7. The first-order chi connectivity index (χ1) is 11.7. The average Bonchev–Trinajstić information content (AvgIpc) is 2.82. The molecular weight excluding hydrogens is 339 g/mol. The third-order valence-electron chi connectivity index (χ3n) is 3.72. The van der Waals surface area contributed by atoms with E-state index in [0.717, 1.165) is 11.5 Å². The fourth-order valence-electron chi connectivity index (χ4n) is 2.55. The molecule has 0 aromatic carbocycles. The second kappa shape index (κ2) is 7.60. The minimum Gasteiger partial charge on any atom is -0.463 e. The molecule has 1 saturated heterocycles. The summed E-state index contributed by atoms with van der Waals surface area (Å²) in [4.78, 5) is 47.9. The lowest BCUT2D eigenvalue weighted by atomic mass is 10.1. The van der Waals surface area contributed by atoms with Gasteiger partial charge in [0.25, 0.3) is 5.56 Å². The molecule has 4 atom stereocenters. The largest absolute Gasteiger partial charge is 0.463 e. The van der Waals surface area contributed by atoms with E-state index < -0.39 is 47.8 Å². The predicted molar refractivity (Wildman–Crippen MR) is 81.7 cm³/mol. The number of aromatic amines is 1. The van der Waals surface area contributed by atoms with Crippen LogP contribution in [0.1, 0.15) is 32.6 Å². The van der Waals surface area contributed by atoms with Crippen LogP contribution in [0, 0.1) is 0 Å².